The Morgan fingerprint density at radius 2 is 2.57 bits per heavy atom. The van der Waals surface area contributed by atoms with Crippen molar-refractivity contribution in [2.24, 2.45) is 5.84 Å². The minimum Gasteiger partial charge on any atom is -0.496 e. The van der Waals surface area contributed by atoms with Crippen molar-refractivity contribution in [2.75, 3.05) is 6.61 Å². The number of nitrogens with zero attached hydrogens (tertiary/aromatic N) is 1. The molecule has 0 spiro atoms. The molecule has 1 unspecified atom stereocenters. The third kappa shape index (κ3) is 1.79. The van der Waals surface area contributed by atoms with E-state index in [1.165, 1.54) is 0 Å². The van der Waals surface area contributed by atoms with E-state index in [9.17, 15) is 0 Å². The number of hydrazine groups is 1. The summed E-state index contributed by atoms with van der Waals surface area (Å²) in [6, 6.07) is -0.0382. The lowest BCUT2D eigenvalue weighted by Crippen LogP contribution is -2.29. The van der Waals surface area contributed by atoms with Gasteiger partial charge in [-0.05, 0) is 13.0 Å². The molecule has 1 aromatic heterocycles. The van der Waals surface area contributed by atoms with Crippen LogP contribution in [0.15, 0.2) is 18.0 Å². The molecule has 76 valence electrons. The van der Waals surface area contributed by atoms with Crippen molar-refractivity contribution >= 4 is 11.3 Å². The molecule has 1 aliphatic heterocycles. The Hall–Kier alpha value is -0.910. The molecule has 1 aromatic rings. The van der Waals surface area contributed by atoms with Gasteiger partial charge in [0.05, 0.1) is 16.5 Å². The van der Waals surface area contributed by atoms with Crippen LogP contribution >= 0.6 is 11.3 Å². The first-order chi connectivity index (χ1) is 6.81. The molecule has 0 aliphatic carbocycles. The molecule has 3 N–H and O–H groups in total. The van der Waals surface area contributed by atoms with Gasteiger partial charge in [-0.25, -0.2) is 10.4 Å². The van der Waals surface area contributed by atoms with E-state index in [4.69, 9.17) is 10.6 Å². The maximum absolute atomic E-state index is 5.50. The summed E-state index contributed by atoms with van der Waals surface area (Å²) in [5.74, 6) is 6.42. The van der Waals surface area contributed by atoms with E-state index in [1.54, 1.807) is 11.3 Å². The topological polar surface area (TPSA) is 60.2 Å². The van der Waals surface area contributed by atoms with Crippen LogP contribution in [0.25, 0.3) is 0 Å². The van der Waals surface area contributed by atoms with Crippen LogP contribution < -0.4 is 11.3 Å². The van der Waals surface area contributed by atoms with E-state index in [1.807, 2.05) is 13.1 Å². The second-order valence-corrected chi connectivity index (χ2v) is 4.39. The fourth-order valence-electron chi connectivity index (χ4n) is 1.45. The Kier molecular flexibility index (Phi) is 2.81. The molecule has 0 bridgehead atoms. The molecule has 0 amide bonds. The highest BCUT2D eigenvalue weighted by Crippen LogP contribution is 2.29. The number of aromatic nitrogens is 1. The summed E-state index contributed by atoms with van der Waals surface area (Å²) in [6.45, 7) is 2.73. The standard InChI is InChI=1S/C9H13N3OS/c1-6-11-5-8(14-6)9(12-10)7-3-2-4-13-7/h3,5,9,12H,2,4,10H2,1H3. The van der Waals surface area contributed by atoms with Crippen molar-refractivity contribution in [1.82, 2.24) is 10.4 Å². The predicted octanol–water partition coefficient (Wildman–Crippen LogP) is 1.26. The quantitative estimate of drug-likeness (QED) is 0.583. The lowest BCUT2D eigenvalue weighted by Gasteiger charge is -2.14. The van der Waals surface area contributed by atoms with Crippen LogP contribution in [0, 0.1) is 6.92 Å². The van der Waals surface area contributed by atoms with Crippen molar-refractivity contribution < 1.29 is 4.74 Å². The minimum atomic E-state index is -0.0382. The maximum Gasteiger partial charge on any atom is 0.116 e. The molecule has 5 heteroatoms. The summed E-state index contributed by atoms with van der Waals surface area (Å²) in [4.78, 5) is 5.29. The number of thiazole rings is 1. The summed E-state index contributed by atoms with van der Waals surface area (Å²) in [6.07, 6.45) is 4.87. The summed E-state index contributed by atoms with van der Waals surface area (Å²) in [7, 11) is 0. The summed E-state index contributed by atoms with van der Waals surface area (Å²) < 4.78 is 5.47. The fraction of sp³-hybridized carbons (Fsp3) is 0.444. The number of aryl methyl sites for hydroxylation is 1. The maximum atomic E-state index is 5.50. The third-order valence-electron chi connectivity index (χ3n) is 2.11. The first kappa shape index (κ1) is 9.64. The zero-order chi connectivity index (χ0) is 9.97. The Balaban J connectivity index is 2.20. The predicted molar refractivity (Wildman–Crippen MR) is 55.6 cm³/mol. The number of nitrogens with one attached hydrogen (secondary N) is 1. The molecule has 0 aromatic carbocycles. The summed E-state index contributed by atoms with van der Waals surface area (Å²) >= 11 is 1.63. The Morgan fingerprint density at radius 1 is 1.71 bits per heavy atom. The van der Waals surface area contributed by atoms with Gasteiger partial charge in [-0.15, -0.1) is 11.3 Å². The molecule has 2 heterocycles. The molecule has 1 atom stereocenters. The van der Waals surface area contributed by atoms with Gasteiger partial charge in [0, 0.05) is 12.6 Å². The van der Waals surface area contributed by atoms with Crippen LogP contribution in [-0.2, 0) is 4.74 Å². The smallest absolute Gasteiger partial charge is 0.116 e. The summed E-state index contributed by atoms with van der Waals surface area (Å²) in [5, 5.41) is 1.04. The van der Waals surface area contributed by atoms with E-state index < -0.39 is 0 Å². The van der Waals surface area contributed by atoms with Crippen molar-refractivity contribution in [2.45, 2.75) is 19.4 Å². The van der Waals surface area contributed by atoms with Crippen molar-refractivity contribution in [1.29, 1.82) is 0 Å². The van der Waals surface area contributed by atoms with Gasteiger partial charge in [-0.2, -0.15) is 0 Å². The molecule has 4 nitrogen and oxygen atoms in total. The van der Waals surface area contributed by atoms with E-state index in [2.05, 4.69) is 16.5 Å². The monoisotopic (exact) mass is 211 g/mol. The largest absolute Gasteiger partial charge is 0.496 e. The lowest BCUT2D eigenvalue weighted by atomic mass is 10.2. The number of nitrogens with two attached hydrogens (primary N) is 1. The molecule has 2 rings (SSSR count). The van der Waals surface area contributed by atoms with Crippen molar-refractivity contribution in [3.05, 3.63) is 27.9 Å². The minimum absolute atomic E-state index is 0.0382. The lowest BCUT2D eigenvalue weighted by molar-refractivity contribution is 0.216. The van der Waals surface area contributed by atoms with Crippen LogP contribution in [0.1, 0.15) is 22.3 Å². The van der Waals surface area contributed by atoms with Gasteiger partial charge < -0.3 is 4.74 Å². The van der Waals surface area contributed by atoms with Crippen LogP contribution in [0.5, 0.6) is 0 Å². The van der Waals surface area contributed by atoms with Crippen molar-refractivity contribution in [3.63, 3.8) is 0 Å². The first-order valence-electron chi connectivity index (χ1n) is 4.52. The molecule has 0 saturated carbocycles. The van der Waals surface area contributed by atoms with Crippen LogP contribution in [-0.4, -0.2) is 11.6 Å². The van der Waals surface area contributed by atoms with E-state index >= 15 is 0 Å². The molecular weight excluding hydrogens is 198 g/mol. The number of ether oxygens (including phenoxy) is 1. The number of hydrogen-bond acceptors (Lipinski definition) is 5. The Labute approximate surface area is 86.8 Å². The second-order valence-electron chi connectivity index (χ2n) is 3.12. The van der Waals surface area contributed by atoms with Crippen molar-refractivity contribution in [3.8, 4) is 0 Å². The average Bonchev–Trinajstić information content (AvgIpc) is 2.79. The molecule has 1 aliphatic rings. The van der Waals surface area contributed by atoms with E-state index in [0.717, 1.165) is 28.7 Å². The fourth-order valence-corrected chi connectivity index (χ4v) is 2.31. The highest BCUT2D eigenvalue weighted by molar-refractivity contribution is 7.11. The van der Waals surface area contributed by atoms with Crippen LogP contribution in [0.4, 0.5) is 0 Å². The molecule has 0 fully saturated rings. The van der Waals surface area contributed by atoms with Gasteiger partial charge in [0.2, 0.25) is 0 Å². The Bertz CT molecular complexity index is 348. The zero-order valence-electron chi connectivity index (χ0n) is 7.99. The molecular formula is C9H13N3OS. The molecule has 0 saturated heterocycles. The molecule has 14 heavy (non-hydrogen) atoms. The normalized spacial score (nSPS) is 17.7. The van der Waals surface area contributed by atoms with Gasteiger partial charge in [0.1, 0.15) is 11.8 Å². The second kappa shape index (κ2) is 4.08. The average molecular weight is 211 g/mol. The van der Waals surface area contributed by atoms with Gasteiger partial charge in [-0.3, -0.25) is 5.84 Å². The van der Waals surface area contributed by atoms with Crippen LogP contribution in [0.2, 0.25) is 0 Å². The number of hydrogen-bond donors (Lipinski definition) is 2. The first-order valence-corrected chi connectivity index (χ1v) is 5.34. The summed E-state index contributed by atoms with van der Waals surface area (Å²) in [5.41, 5.74) is 2.75. The highest BCUT2D eigenvalue weighted by Gasteiger charge is 2.21. The molecule has 0 radical (unpaired) electrons. The highest BCUT2D eigenvalue weighted by atomic mass is 32.1. The van der Waals surface area contributed by atoms with Gasteiger partial charge in [0.25, 0.3) is 0 Å². The van der Waals surface area contributed by atoms with Gasteiger partial charge >= 0.3 is 0 Å². The van der Waals surface area contributed by atoms with Gasteiger partial charge in [0.15, 0.2) is 0 Å². The third-order valence-corrected chi connectivity index (χ3v) is 3.08. The van der Waals surface area contributed by atoms with E-state index in [-0.39, 0.29) is 6.04 Å². The SMILES string of the molecule is Cc1ncc(C(NN)C2=CCCO2)s1. The van der Waals surface area contributed by atoms with Crippen LogP contribution in [0.3, 0.4) is 0 Å². The number of rotatable bonds is 3. The Morgan fingerprint density at radius 3 is 3.07 bits per heavy atom. The van der Waals surface area contributed by atoms with E-state index in [0.29, 0.717) is 0 Å². The van der Waals surface area contributed by atoms with Gasteiger partial charge in [-0.1, -0.05) is 0 Å². The zero-order valence-corrected chi connectivity index (χ0v) is 8.80.